The van der Waals surface area contributed by atoms with E-state index < -0.39 is 48.7 Å². The molecule has 1 aliphatic carbocycles. The van der Waals surface area contributed by atoms with Crippen molar-refractivity contribution in [3.63, 3.8) is 0 Å². The highest BCUT2D eigenvalue weighted by molar-refractivity contribution is 5.89. The molecular formula is C26H31N3O7. The highest BCUT2D eigenvalue weighted by Gasteiger charge is 2.30. The van der Waals surface area contributed by atoms with Crippen LogP contribution in [-0.2, 0) is 28.6 Å². The number of amides is 3. The van der Waals surface area contributed by atoms with Crippen LogP contribution < -0.4 is 16.4 Å². The Morgan fingerprint density at radius 1 is 0.972 bits per heavy atom. The monoisotopic (exact) mass is 497 g/mol. The molecule has 0 saturated carbocycles. The fourth-order valence-electron chi connectivity index (χ4n) is 3.89. The molecule has 3 rings (SSSR count). The van der Waals surface area contributed by atoms with E-state index in [1.807, 2.05) is 48.5 Å². The van der Waals surface area contributed by atoms with Crippen LogP contribution in [0.3, 0.4) is 0 Å². The average Bonchev–Trinajstić information content (AvgIpc) is 3.13. The summed E-state index contributed by atoms with van der Waals surface area (Å²) in [6.45, 7) is 3.98. The van der Waals surface area contributed by atoms with Crippen molar-refractivity contribution in [1.29, 1.82) is 0 Å². The highest BCUT2D eigenvalue weighted by atomic mass is 16.6. The Balaban J connectivity index is 1.61. The topological polar surface area (TPSA) is 146 Å². The molecular weight excluding hydrogens is 466 g/mol. The Morgan fingerprint density at radius 3 is 2.11 bits per heavy atom. The van der Waals surface area contributed by atoms with Gasteiger partial charge in [0.25, 0.3) is 0 Å². The van der Waals surface area contributed by atoms with E-state index in [0.717, 1.165) is 22.3 Å². The number of nitrogens with one attached hydrogen (secondary N) is 2. The van der Waals surface area contributed by atoms with Crippen LogP contribution in [0, 0.1) is 0 Å². The molecule has 192 valence electrons. The molecule has 0 bridgehead atoms. The second-order valence-electron chi connectivity index (χ2n) is 9.31. The highest BCUT2D eigenvalue weighted by Crippen LogP contribution is 2.44. The summed E-state index contributed by atoms with van der Waals surface area (Å²) in [4.78, 5) is 48.0. The van der Waals surface area contributed by atoms with Crippen molar-refractivity contribution in [3.05, 3.63) is 59.7 Å². The molecule has 2 aromatic carbocycles. The smallest absolute Gasteiger partial charge is 0.407 e. The Hall–Kier alpha value is -3.92. The first-order valence-electron chi connectivity index (χ1n) is 11.5. The van der Waals surface area contributed by atoms with Crippen molar-refractivity contribution in [2.45, 2.75) is 38.3 Å². The number of rotatable bonds is 10. The van der Waals surface area contributed by atoms with Gasteiger partial charge in [-0.15, -0.1) is 0 Å². The van der Waals surface area contributed by atoms with Crippen LogP contribution >= 0.6 is 0 Å². The molecule has 0 aromatic heterocycles. The summed E-state index contributed by atoms with van der Waals surface area (Å²) in [5.74, 6) is -2.25. The largest absolute Gasteiger partial charge is 0.458 e. The molecule has 36 heavy (non-hydrogen) atoms. The minimum absolute atomic E-state index is 0.0499. The molecule has 10 nitrogen and oxygen atoms in total. The third-order valence-electron chi connectivity index (χ3n) is 5.31. The minimum atomic E-state index is -1.23. The van der Waals surface area contributed by atoms with Crippen molar-refractivity contribution in [1.82, 2.24) is 10.6 Å². The fourth-order valence-corrected chi connectivity index (χ4v) is 3.89. The zero-order chi connectivity index (χ0) is 26.3. The van der Waals surface area contributed by atoms with E-state index in [9.17, 15) is 19.2 Å². The lowest BCUT2D eigenvalue weighted by atomic mass is 9.98. The van der Waals surface area contributed by atoms with Gasteiger partial charge in [0.05, 0.1) is 13.2 Å². The molecule has 0 spiro atoms. The first-order valence-corrected chi connectivity index (χ1v) is 11.5. The van der Waals surface area contributed by atoms with Gasteiger partial charge in [-0.3, -0.25) is 9.59 Å². The van der Waals surface area contributed by atoms with E-state index in [-0.39, 0.29) is 19.1 Å². The summed E-state index contributed by atoms with van der Waals surface area (Å²) in [6, 6.07) is 14.6. The maximum Gasteiger partial charge on any atom is 0.407 e. The molecule has 0 heterocycles. The zero-order valence-electron chi connectivity index (χ0n) is 20.5. The molecule has 10 heteroatoms. The summed E-state index contributed by atoms with van der Waals surface area (Å²) < 4.78 is 15.9. The number of ether oxygens (including phenoxy) is 3. The van der Waals surface area contributed by atoms with Gasteiger partial charge in [0.2, 0.25) is 11.8 Å². The van der Waals surface area contributed by atoms with Crippen molar-refractivity contribution in [2.24, 2.45) is 5.73 Å². The molecule has 3 amide bonds. The summed E-state index contributed by atoms with van der Waals surface area (Å²) >= 11 is 0. The normalized spacial score (nSPS) is 13.2. The van der Waals surface area contributed by atoms with Crippen molar-refractivity contribution in [3.8, 4) is 11.1 Å². The van der Waals surface area contributed by atoms with Gasteiger partial charge >= 0.3 is 12.1 Å². The third-order valence-corrected chi connectivity index (χ3v) is 5.31. The lowest BCUT2D eigenvalue weighted by Gasteiger charge is -2.21. The first kappa shape index (κ1) is 26.7. The van der Waals surface area contributed by atoms with Gasteiger partial charge in [-0.05, 0) is 43.0 Å². The number of fused-ring (bicyclic) bond motifs is 3. The number of nitrogens with two attached hydrogens (primary N) is 1. The number of hydrogen-bond acceptors (Lipinski definition) is 7. The van der Waals surface area contributed by atoms with E-state index in [1.165, 1.54) is 0 Å². The van der Waals surface area contributed by atoms with Gasteiger partial charge in [-0.1, -0.05) is 48.5 Å². The molecule has 0 saturated heterocycles. The van der Waals surface area contributed by atoms with Crippen molar-refractivity contribution >= 4 is 23.9 Å². The maximum atomic E-state index is 12.6. The minimum Gasteiger partial charge on any atom is -0.458 e. The number of alkyl carbamates (subject to hydrolysis) is 1. The molecule has 0 aliphatic heterocycles. The average molecular weight is 498 g/mol. The van der Waals surface area contributed by atoms with Gasteiger partial charge in [-0.25, -0.2) is 9.59 Å². The summed E-state index contributed by atoms with van der Waals surface area (Å²) in [7, 11) is 0. The van der Waals surface area contributed by atoms with E-state index >= 15 is 0 Å². The van der Waals surface area contributed by atoms with Crippen LogP contribution in [0.4, 0.5) is 4.79 Å². The SMILES string of the molecule is CC(C)(C)OC(=O)COC[C@H](NC(=O)OCC1c2ccccc2-c2ccccc21)C(=O)NCC(N)=O. The second-order valence-corrected chi connectivity index (χ2v) is 9.31. The number of carbonyl (C=O) groups excluding carboxylic acids is 4. The van der Waals surface area contributed by atoms with Crippen LogP contribution in [-0.4, -0.2) is 61.9 Å². The van der Waals surface area contributed by atoms with Crippen molar-refractivity contribution in [2.75, 3.05) is 26.4 Å². The number of benzene rings is 2. The standard InChI is InChI=1S/C26H31N3O7/c1-26(2,3)36-23(31)15-34-14-21(24(32)28-12-22(27)30)29-25(33)35-13-20-18-10-6-4-8-16(18)17-9-5-7-11-19(17)20/h4-11,20-21H,12-15H2,1-3H3,(H2,27,30)(H,28,32)(H,29,33)/t21-/m0/s1. The van der Waals surface area contributed by atoms with E-state index in [0.29, 0.717) is 0 Å². The summed E-state index contributed by atoms with van der Waals surface area (Å²) in [5, 5.41) is 4.74. The van der Waals surface area contributed by atoms with Gasteiger partial charge in [0, 0.05) is 5.92 Å². The molecule has 0 radical (unpaired) electrons. The number of esters is 1. The van der Waals surface area contributed by atoms with E-state index in [2.05, 4.69) is 10.6 Å². The lowest BCUT2D eigenvalue weighted by molar-refractivity contribution is -0.160. The van der Waals surface area contributed by atoms with E-state index in [1.54, 1.807) is 20.8 Å². The van der Waals surface area contributed by atoms with Crippen LogP contribution in [0.1, 0.15) is 37.8 Å². The van der Waals surface area contributed by atoms with E-state index in [4.69, 9.17) is 19.9 Å². The molecule has 1 aliphatic rings. The predicted molar refractivity (Wildman–Crippen MR) is 131 cm³/mol. The van der Waals surface area contributed by atoms with Crippen molar-refractivity contribution < 1.29 is 33.4 Å². The number of hydrogen-bond donors (Lipinski definition) is 3. The van der Waals surface area contributed by atoms with Crippen LogP contribution in [0.5, 0.6) is 0 Å². The van der Waals surface area contributed by atoms with Crippen LogP contribution in [0.2, 0.25) is 0 Å². The molecule has 0 unspecified atom stereocenters. The van der Waals surface area contributed by atoms with Gasteiger partial charge in [-0.2, -0.15) is 0 Å². The summed E-state index contributed by atoms with van der Waals surface area (Å²) in [6.07, 6.45) is -0.850. The zero-order valence-corrected chi connectivity index (χ0v) is 20.5. The summed E-state index contributed by atoms with van der Waals surface area (Å²) in [5.41, 5.74) is 8.64. The Labute approximate surface area is 209 Å². The quantitative estimate of drug-likeness (QED) is 0.425. The molecule has 1 atom stereocenters. The Kier molecular flexibility index (Phi) is 8.65. The van der Waals surface area contributed by atoms with Crippen LogP contribution in [0.25, 0.3) is 11.1 Å². The second kappa shape index (κ2) is 11.7. The maximum absolute atomic E-state index is 12.6. The fraction of sp³-hybridized carbons (Fsp3) is 0.385. The Bertz CT molecular complexity index is 1080. The Morgan fingerprint density at radius 2 is 1.56 bits per heavy atom. The molecule has 4 N–H and O–H groups in total. The van der Waals surface area contributed by atoms with Crippen LogP contribution in [0.15, 0.2) is 48.5 Å². The number of primary amides is 1. The third kappa shape index (κ3) is 7.29. The first-order chi connectivity index (χ1) is 17.0. The van der Waals surface area contributed by atoms with Gasteiger partial charge in [0.15, 0.2) is 0 Å². The van der Waals surface area contributed by atoms with Gasteiger partial charge < -0.3 is 30.6 Å². The lowest BCUT2D eigenvalue weighted by Crippen LogP contribution is -2.51. The van der Waals surface area contributed by atoms with Gasteiger partial charge in [0.1, 0.15) is 24.9 Å². The molecule has 0 fully saturated rings. The molecule has 2 aromatic rings. The number of carbonyl (C=O) groups is 4. The predicted octanol–water partition coefficient (Wildman–Crippen LogP) is 1.85.